The highest BCUT2D eigenvalue weighted by atomic mass is 31.2. The fourth-order valence-corrected chi connectivity index (χ4v) is 4.43. The van der Waals surface area contributed by atoms with Crippen LogP contribution in [0.5, 0.6) is 0 Å². The summed E-state index contributed by atoms with van der Waals surface area (Å²) < 4.78 is 0. The highest BCUT2D eigenvalue weighted by molar-refractivity contribution is 8.12. The van der Waals surface area contributed by atoms with Crippen LogP contribution in [0, 0.1) is 11.6 Å². The molecule has 0 bridgehead atoms. The Morgan fingerprint density at radius 2 is 1.00 bits per heavy atom. The quantitative estimate of drug-likeness (QED) is 0.384. The summed E-state index contributed by atoms with van der Waals surface area (Å²) in [6, 6.07) is 30.3. The van der Waals surface area contributed by atoms with Crippen molar-refractivity contribution in [3.63, 3.8) is 0 Å². The van der Waals surface area contributed by atoms with Crippen molar-refractivity contribution in [2.75, 3.05) is 0 Å². The molecule has 0 amide bonds. The SMILES string of the molecule is [B-][P+](C#Cc1ccccc1)(c1ccccc1)c1ccccc1. The average molecular weight is 297 g/mol. The second-order valence-corrected chi connectivity index (χ2v) is 7.70. The van der Waals surface area contributed by atoms with Crippen LogP contribution >= 0.6 is 7.14 Å². The van der Waals surface area contributed by atoms with E-state index in [0.717, 1.165) is 16.2 Å². The van der Waals surface area contributed by atoms with E-state index in [1.165, 1.54) is 0 Å². The van der Waals surface area contributed by atoms with Gasteiger partial charge in [0, 0.05) is 11.2 Å². The van der Waals surface area contributed by atoms with Crippen LogP contribution < -0.4 is 10.6 Å². The topological polar surface area (TPSA) is 0 Å². The van der Waals surface area contributed by atoms with Crippen LogP contribution in [0.15, 0.2) is 91.0 Å². The second-order valence-electron chi connectivity index (χ2n) is 5.00. The molecule has 0 atom stereocenters. The largest absolute Gasteiger partial charge is 0.273 e. The Kier molecular flexibility index (Phi) is 4.43. The predicted molar refractivity (Wildman–Crippen MR) is 98.1 cm³/mol. The van der Waals surface area contributed by atoms with E-state index in [2.05, 4.69) is 35.8 Å². The molecule has 0 N–H and O–H groups in total. The molecule has 0 unspecified atom stereocenters. The predicted octanol–water partition coefficient (Wildman–Crippen LogP) is 3.75. The Labute approximate surface area is 133 Å². The molecule has 0 saturated carbocycles. The summed E-state index contributed by atoms with van der Waals surface area (Å²) in [5.41, 5.74) is 4.37. The van der Waals surface area contributed by atoms with Gasteiger partial charge in [0.1, 0.15) is 0 Å². The summed E-state index contributed by atoms with van der Waals surface area (Å²) in [4.78, 5) is 0. The lowest BCUT2D eigenvalue weighted by Crippen LogP contribution is -2.20. The first kappa shape index (κ1) is 14.6. The molecular weight excluding hydrogens is 282 g/mol. The minimum absolute atomic E-state index is 0.990. The van der Waals surface area contributed by atoms with Crippen molar-refractivity contribution in [3.8, 4) is 11.6 Å². The van der Waals surface area contributed by atoms with Gasteiger partial charge in [-0.25, -0.2) is 0 Å². The van der Waals surface area contributed by atoms with Crippen molar-refractivity contribution < 1.29 is 0 Å². The van der Waals surface area contributed by atoms with E-state index in [1.54, 1.807) is 0 Å². The maximum absolute atomic E-state index is 6.83. The van der Waals surface area contributed by atoms with Gasteiger partial charge >= 0.3 is 0 Å². The first-order valence-corrected chi connectivity index (χ1v) is 9.02. The second kappa shape index (κ2) is 6.65. The lowest BCUT2D eigenvalue weighted by Gasteiger charge is -2.29. The minimum Gasteiger partial charge on any atom is -0.273 e. The Morgan fingerprint density at radius 3 is 1.45 bits per heavy atom. The molecule has 0 aromatic heterocycles. The van der Waals surface area contributed by atoms with E-state index in [4.69, 9.17) is 7.57 Å². The van der Waals surface area contributed by atoms with Crippen LogP contribution in [-0.2, 0) is 0 Å². The molecule has 3 radical (unpaired) electrons. The van der Waals surface area contributed by atoms with E-state index in [-0.39, 0.29) is 0 Å². The van der Waals surface area contributed by atoms with Crippen LogP contribution in [0.3, 0.4) is 0 Å². The zero-order chi connectivity index (χ0) is 15.3. The Hall–Kier alpha value is -2.29. The van der Waals surface area contributed by atoms with Crippen LogP contribution in [0.1, 0.15) is 5.56 Å². The van der Waals surface area contributed by atoms with Gasteiger partial charge in [-0.15, -0.1) is 7.14 Å². The molecule has 0 aliphatic rings. The van der Waals surface area contributed by atoms with E-state index >= 15 is 0 Å². The van der Waals surface area contributed by atoms with Gasteiger partial charge in [0.25, 0.3) is 0 Å². The molecule has 0 saturated heterocycles. The zero-order valence-electron chi connectivity index (χ0n) is 12.2. The van der Waals surface area contributed by atoms with Crippen molar-refractivity contribution in [1.29, 1.82) is 0 Å². The maximum atomic E-state index is 6.83. The van der Waals surface area contributed by atoms with Crippen molar-refractivity contribution in [1.82, 2.24) is 0 Å². The molecule has 3 aromatic rings. The van der Waals surface area contributed by atoms with Crippen LogP contribution in [0.25, 0.3) is 0 Å². The third-order valence-electron chi connectivity index (χ3n) is 3.48. The van der Waals surface area contributed by atoms with Gasteiger partial charge in [-0.1, -0.05) is 54.6 Å². The molecule has 0 aliphatic carbocycles. The number of hydrogen-bond acceptors (Lipinski definition) is 0. The van der Waals surface area contributed by atoms with Crippen molar-refractivity contribution in [2.45, 2.75) is 0 Å². The Bertz CT molecular complexity index is 747. The lowest BCUT2D eigenvalue weighted by atomic mass is 10.2. The normalized spacial score (nSPS) is 10.6. The van der Waals surface area contributed by atoms with E-state index in [1.807, 2.05) is 66.7 Å². The van der Waals surface area contributed by atoms with E-state index in [0.29, 0.717) is 0 Å². The highest BCUT2D eigenvalue weighted by Crippen LogP contribution is 2.50. The number of rotatable bonds is 2. The van der Waals surface area contributed by atoms with Gasteiger partial charge in [-0.05, 0) is 42.3 Å². The summed E-state index contributed by atoms with van der Waals surface area (Å²) in [5.74, 6) is 3.26. The van der Waals surface area contributed by atoms with E-state index < -0.39 is 7.14 Å². The molecule has 2 heteroatoms. The summed E-state index contributed by atoms with van der Waals surface area (Å²) >= 11 is 0. The van der Waals surface area contributed by atoms with Crippen molar-refractivity contribution in [2.24, 2.45) is 0 Å². The van der Waals surface area contributed by atoms with Gasteiger partial charge in [-0.3, -0.25) is 7.57 Å². The molecule has 0 aliphatic heterocycles. The monoisotopic (exact) mass is 297 g/mol. The van der Waals surface area contributed by atoms with Crippen LogP contribution in [-0.4, -0.2) is 7.57 Å². The fourth-order valence-electron chi connectivity index (χ4n) is 2.28. The van der Waals surface area contributed by atoms with Crippen LogP contribution in [0.4, 0.5) is 0 Å². The Morgan fingerprint density at radius 1 is 0.591 bits per heavy atom. The lowest BCUT2D eigenvalue weighted by molar-refractivity contribution is 1.65. The third-order valence-corrected chi connectivity index (χ3v) is 6.17. The maximum Gasteiger partial charge on any atom is 0.0594 e. The summed E-state index contributed by atoms with van der Waals surface area (Å²) in [5, 5.41) is 2.20. The van der Waals surface area contributed by atoms with Gasteiger partial charge in [0.2, 0.25) is 0 Å². The molecule has 0 nitrogen and oxygen atoms in total. The first-order valence-electron chi connectivity index (χ1n) is 7.16. The van der Waals surface area contributed by atoms with Crippen molar-refractivity contribution in [3.05, 3.63) is 96.6 Å². The number of hydrogen-bond donors (Lipinski definition) is 0. The summed E-state index contributed by atoms with van der Waals surface area (Å²) in [7, 11) is 4.63. The van der Waals surface area contributed by atoms with E-state index in [9.17, 15) is 0 Å². The van der Waals surface area contributed by atoms with Gasteiger partial charge < -0.3 is 0 Å². The molecule has 103 valence electrons. The van der Waals surface area contributed by atoms with Gasteiger partial charge in [0.15, 0.2) is 0 Å². The first-order chi connectivity index (χ1) is 10.8. The molecule has 0 fully saturated rings. The summed E-state index contributed by atoms with van der Waals surface area (Å²) in [6.07, 6.45) is 0. The molecule has 0 spiro atoms. The molecule has 22 heavy (non-hydrogen) atoms. The molecule has 0 heterocycles. The molecule has 3 rings (SSSR count). The average Bonchev–Trinajstić information content (AvgIpc) is 2.62. The standard InChI is InChI=1S/C20H15BP/c21-22(19-12-6-2-7-13-19,20-14-8-3-9-15-20)17-16-18-10-4-1-5-11-18/h1-15H. The molecule has 3 aromatic carbocycles. The van der Waals surface area contributed by atoms with Crippen molar-refractivity contribution >= 4 is 25.3 Å². The number of benzene rings is 3. The minimum atomic E-state index is -2.20. The highest BCUT2D eigenvalue weighted by Gasteiger charge is 2.22. The van der Waals surface area contributed by atoms with Gasteiger partial charge in [-0.2, -0.15) is 0 Å². The summed E-state index contributed by atoms with van der Waals surface area (Å²) in [6.45, 7) is 0. The smallest absolute Gasteiger partial charge is 0.0594 e. The third kappa shape index (κ3) is 3.14. The Balaban J connectivity index is 2.11. The zero-order valence-corrected chi connectivity index (χ0v) is 13.1. The molecular formula is C20H15BP. The fraction of sp³-hybridized carbons (Fsp3) is 0. The van der Waals surface area contributed by atoms with Crippen LogP contribution in [0.2, 0.25) is 0 Å². The van der Waals surface area contributed by atoms with Gasteiger partial charge in [0.05, 0.1) is 10.6 Å².